The van der Waals surface area contributed by atoms with Crippen molar-refractivity contribution in [2.75, 3.05) is 25.0 Å². The van der Waals surface area contributed by atoms with Crippen LogP contribution in [0.25, 0.3) is 6.08 Å². The van der Waals surface area contributed by atoms with Crippen molar-refractivity contribution < 1.29 is 19.1 Å². The van der Waals surface area contributed by atoms with Crippen molar-refractivity contribution in [2.24, 2.45) is 5.92 Å². The highest BCUT2D eigenvalue weighted by atomic mass is 16.6. The number of fused-ring (bicyclic) bond motifs is 1. The fraction of sp³-hybridized carbons (Fsp3) is 0.500. The monoisotopic (exact) mass is 358 g/mol. The SMILES string of the molecule is CC(C)(C)OC(=O)N1CCC(C=Cc2ccc3c(c2)NCC(=O)O3)CC1. The average Bonchev–Trinajstić information content (AvgIpc) is 2.59. The van der Waals surface area contributed by atoms with Crippen LogP contribution in [0.2, 0.25) is 0 Å². The Hall–Kier alpha value is -2.50. The molecule has 0 saturated carbocycles. The van der Waals surface area contributed by atoms with E-state index >= 15 is 0 Å². The molecule has 26 heavy (non-hydrogen) atoms. The maximum atomic E-state index is 12.1. The van der Waals surface area contributed by atoms with E-state index in [1.165, 1.54) is 0 Å². The number of likely N-dealkylation sites (tertiary alicyclic amines) is 1. The number of nitrogens with one attached hydrogen (secondary N) is 1. The molecule has 2 heterocycles. The molecule has 1 saturated heterocycles. The van der Waals surface area contributed by atoms with E-state index in [0.717, 1.165) is 24.1 Å². The number of ether oxygens (including phenoxy) is 2. The van der Waals surface area contributed by atoms with Gasteiger partial charge in [0.2, 0.25) is 0 Å². The van der Waals surface area contributed by atoms with Crippen LogP contribution in [-0.4, -0.2) is 42.2 Å². The minimum Gasteiger partial charge on any atom is -0.444 e. The zero-order valence-electron chi connectivity index (χ0n) is 15.6. The number of allylic oxidation sites excluding steroid dienone is 1. The smallest absolute Gasteiger partial charge is 0.410 e. The van der Waals surface area contributed by atoms with Crippen molar-refractivity contribution in [3.63, 3.8) is 0 Å². The van der Waals surface area contributed by atoms with E-state index < -0.39 is 5.60 Å². The predicted molar refractivity (Wildman–Crippen MR) is 100 cm³/mol. The normalized spacial score (nSPS) is 18.3. The first kappa shape index (κ1) is 18.3. The molecule has 0 bridgehead atoms. The molecular weight excluding hydrogens is 332 g/mol. The van der Waals surface area contributed by atoms with Gasteiger partial charge in [-0.25, -0.2) is 9.59 Å². The molecule has 3 rings (SSSR count). The molecular formula is C20H26N2O4. The van der Waals surface area contributed by atoms with Gasteiger partial charge in [-0.2, -0.15) is 0 Å². The van der Waals surface area contributed by atoms with Gasteiger partial charge in [0.25, 0.3) is 0 Å². The molecule has 0 radical (unpaired) electrons. The molecule has 0 aromatic heterocycles. The second-order valence-corrected chi connectivity index (χ2v) is 7.75. The molecule has 0 unspecified atom stereocenters. The Kier molecular flexibility index (Phi) is 5.20. The van der Waals surface area contributed by atoms with Gasteiger partial charge in [0.05, 0.1) is 5.69 Å². The van der Waals surface area contributed by atoms with Gasteiger partial charge in [-0.1, -0.05) is 18.2 Å². The summed E-state index contributed by atoms with van der Waals surface area (Å²) in [6.07, 6.45) is 5.91. The summed E-state index contributed by atoms with van der Waals surface area (Å²) in [4.78, 5) is 25.1. The summed E-state index contributed by atoms with van der Waals surface area (Å²) in [5, 5.41) is 3.06. The van der Waals surface area contributed by atoms with Crippen LogP contribution < -0.4 is 10.1 Å². The van der Waals surface area contributed by atoms with Crippen LogP contribution in [0, 0.1) is 5.92 Å². The Morgan fingerprint density at radius 2 is 2.04 bits per heavy atom. The Bertz CT molecular complexity index is 713. The minimum atomic E-state index is -0.456. The van der Waals surface area contributed by atoms with E-state index in [1.54, 1.807) is 4.90 Å². The fourth-order valence-corrected chi connectivity index (χ4v) is 3.05. The van der Waals surface area contributed by atoms with Crippen molar-refractivity contribution in [2.45, 2.75) is 39.2 Å². The van der Waals surface area contributed by atoms with Crippen LogP contribution in [0.4, 0.5) is 10.5 Å². The standard InChI is InChI=1S/C20H26N2O4/c1-20(2,3)26-19(24)22-10-8-14(9-11-22)4-5-15-6-7-17-16(12-15)21-13-18(23)25-17/h4-7,12,14,21H,8-11,13H2,1-3H3. The van der Waals surface area contributed by atoms with Gasteiger partial charge in [0, 0.05) is 13.1 Å². The van der Waals surface area contributed by atoms with Crippen LogP contribution in [-0.2, 0) is 9.53 Å². The number of hydrogen-bond donors (Lipinski definition) is 1. The first-order valence-electron chi connectivity index (χ1n) is 9.05. The van der Waals surface area contributed by atoms with Crippen LogP contribution >= 0.6 is 0 Å². The number of carbonyl (C=O) groups is 2. The molecule has 2 aliphatic heterocycles. The van der Waals surface area contributed by atoms with Gasteiger partial charge in [-0.3, -0.25) is 0 Å². The third-order valence-electron chi connectivity index (χ3n) is 4.40. The Morgan fingerprint density at radius 3 is 2.73 bits per heavy atom. The van der Waals surface area contributed by atoms with Crippen LogP contribution in [0.3, 0.4) is 0 Å². The number of rotatable bonds is 2. The lowest BCUT2D eigenvalue weighted by Crippen LogP contribution is -2.41. The Labute approximate surface area is 154 Å². The predicted octanol–water partition coefficient (Wildman–Crippen LogP) is 3.68. The average molecular weight is 358 g/mol. The first-order chi connectivity index (χ1) is 12.3. The fourth-order valence-electron chi connectivity index (χ4n) is 3.05. The molecule has 1 aromatic carbocycles. The van der Waals surface area contributed by atoms with Crippen molar-refractivity contribution in [3.8, 4) is 5.75 Å². The number of esters is 1. The van der Waals surface area contributed by atoms with Crippen molar-refractivity contribution in [1.82, 2.24) is 4.90 Å². The number of carbonyl (C=O) groups excluding carboxylic acids is 2. The summed E-state index contributed by atoms with van der Waals surface area (Å²) in [6, 6.07) is 5.73. The summed E-state index contributed by atoms with van der Waals surface area (Å²) < 4.78 is 10.6. The quantitative estimate of drug-likeness (QED) is 0.645. The third-order valence-corrected chi connectivity index (χ3v) is 4.40. The molecule has 6 nitrogen and oxygen atoms in total. The second-order valence-electron chi connectivity index (χ2n) is 7.75. The summed E-state index contributed by atoms with van der Waals surface area (Å²) in [5.74, 6) is 0.747. The largest absolute Gasteiger partial charge is 0.444 e. The van der Waals surface area contributed by atoms with Gasteiger partial charge in [0.15, 0.2) is 5.75 Å². The first-order valence-corrected chi connectivity index (χ1v) is 9.05. The molecule has 1 amide bonds. The van der Waals surface area contributed by atoms with Gasteiger partial charge in [0.1, 0.15) is 12.1 Å². The summed E-state index contributed by atoms with van der Waals surface area (Å²) in [6.45, 7) is 7.28. The van der Waals surface area contributed by atoms with Crippen molar-refractivity contribution in [3.05, 3.63) is 29.8 Å². The van der Waals surface area contributed by atoms with Gasteiger partial charge >= 0.3 is 12.1 Å². The number of piperidine rings is 1. The molecule has 0 spiro atoms. The summed E-state index contributed by atoms with van der Waals surface area (Å²) in [5.41, 5.74) is 1.44. The van der Waals surface area contributed by atoms with E-state index in [9.17, 15) is 9.59 Å². The topological polar surface area (TPSA) is 67.9 Å². The molecule has 0 atom stereocenters. The van der Waals surface area contributed by atoms with Gasteiger partial charge < -0.3 is 19.7 Å². The van der Waals surface area contributed by atoms with E-state index in [2.05, 4.69) is 17.5 Å². The second kappa shape index (κ2) is 7.40. The number of amides is 1. The van der Waals surface area contributed by atoms with E-state index in [1.807, 2.05) is 39.0 Å². The van der Waals surface area contributed by atoms with Crippen molar-refractivity contribution in [1.29, 1.82) is 0 Å². The van der Waals surface area contributed by atoms with Crippen LogP contribution in [0.15, 0.2) is 24.3 Å². The summed E-state index contributed by atoms with van der Waals surface area (Å²) >= 11 is 0. The highest BCUT2D eigenvalue weighted by Crippen LogP contribution is 2.29. The van der Waals surface area contributed by atoms with Crippen molar-refractivity contribution >= 4 is 23.8 Å². The third kappa shape index (κ3) is 4.77. The number of anilines is 1. The van der Waals surface area contributed by atoms with Crippen LogP contribution in [0.1, 0.15) is 39.2 Å². The number of benzene rings is 1. The Morgan fingerprint density at radius 1 is 1.31 bits per heavy atom. The lowest BCUT2D eigenvalue weighted by molar-refractivity contribution is -0.132. The van der Waals surface area contributed by atoms with Gasteiger partial charge in [-0.15, -0.1) is 0 Å². The molecule has 1 aromatic rings. The number of nitrogens with zero attached hydrogens (tertiary/aromatic N) is 1. The van der Waals surface area contributed by atoms with E-state index in [4.69, 9.17) is 9.47 Å². The molecule has 1 N–H and O–H groups in total. The van der Waals surface area contributed by atoms with E-state index in [0.29, 0.717) is 24.8 Å². The zero-order valence-corrected chi connectivity index (χ0v) is 15.6. The summed E-state index contributed by atoms with van der Waals surface area (Å²) in [7, 11) is 0. The minimum absolute atomic E-state index is 0.198. The maximum Gasteiger partial charge on any atom is 0.410 e. The lowest BCUT2D eigenvalue weighted by atomic mass is 9.96. The van der Waals surface area contributed by atoms with E-state index in [-0.39, 0.29) is 18.6 Å². The molecule has 6 heteroatoms. The molecule has 140 valence electrons. The maximum absolute atomic E-state index is 12.1. The lowest BCUT2D eigenvalue weighted by Gasteiger charge is -2.32. The highest BCUT2D eigenvalue weighted by molar-refractivity contribution is 5.84. The number of hydrogen-bond acceptors (Lipinski definition) is 5. The Balaban J connectivity index is 1.53. The molecule has 1 fully saturated rings. The zero-order chi connectivity index (χ0) is 18.7. The molecule has 2 aliphatic rings. The molecule has 0 aliphatic carbocycles. The van der Waals surface area contributed by atoms with Crippen LogP contribution in [0.5, 0.6) is 5.75 Å². The van der Waals surface area contributed by atoms with Gasteiger partial charge in [-0.05, 0) is 57.2 Å². The highest BCUT2D eigenvalue weighted by Gasteiger charge is 2.26.